The number of imide groups is 1. The van der Waals surface area contributed by atoms with Gasteiger partial charge in [-0.3, -0.25) is 28.9 Å². The van der Waals surface area contributed by atoms with Gasteiger partial charge in [-0.2, -0.15) is 11.8 Å². The third-order valence-corrected chi connectivity index (χ3v) is 7.03. The third-order valence-electron chi connectivity index (χ3n) is 6.39. The zero-order valence-electron chi connectivity index (χ0n) is 22.3. The van der Waals surface area contributed by atoms with E-state index in [2.05, 4.69) is 10.6 Å². The highest BCUT2D eigenvalue weighted by molar-refractivity contribution is 7.98. The van der Waals surface area contributed by atoms with Gasteiger partial charge in [-0.15, -0.1) is 0 Å². The van der Waals surface area contributed by atoms with E-state index in [9.17, 15) is 28.8 Å². The molecular weight excluding hydrogens is 526 g/mol. The van der Waals surface area contributed by atoms with Crippen molar-refractivity contribution < 1.29 is 38.6 Å². The quantitative estimate of drug-likeness (QED) is 0.240. The van der Waals surface area contributed by atoms with Crippen molar-refractivity contribution in [1.82, 2.24) is 15.5 Å². The highest BCUT2D eigenvalue weighted by Crippen LogP contribution is 2.22. The number of hydrogen-bond acceptors (Lipinski definition) is 8. The van der Waals surface area contributed by atoms with Gasteiger partial charge >= 0.3 is 5.97 Å². The predicted octanol–water partition coefficient (Wildman–Crippen LogP) is 1.66. The predicted molar refractivity (Wildman–Crippen MR) is 145 cm³/mol. The molecule has 1 aliphatic rings. The average Bonchev–Trinajstić information content (AvgIpc) is 3.24. The Hall–Kier alpha value is -3.67. The number of carboxylic acids is 1. The Balaban J connectivity index is 2.06. The molecule has 0 saturated heterocycles. The van der Waals surface area contributed by atoms with Crippen molar-refractivity contribution in [2.45, 2.75) is 39.2 Å². The van der Waals surface area contributed by atoms with Crippen LogP contribution in [0.4, 0.5) is 0 Å². The molecule has 0 radical (unpaired) electrons. The Morgan fingerprint density at radius 1 is 1.13 bits per heavy atom. The number of carbonyl (C=O) groups is 6. The minimum atomic E-state index is -1.15. The van der Waals surface area contributed by atoms with Crippen LogP contribution in [0.25, 0.3) is 0 Å². The molecule has 0 unspecified atom stereocenters. The monoisotopic (exact) mass is 561 g/mol. The zero-order valence-corrected chi connectivity index (χ0v) is 23.1. The maximum absolute atomic E-state index is 13.4. The fourth-order valence-electron chi connectivity index (χ4n) is 3.93. The number of nitrogens with zero attached hydrogens (tertiary/aromatic N) is 1. The number of carbonyl (C=O) groups excluding carboxylic acids is 5. The van der Waals surface area contributed by atoms with Gasteiger partial charge in [-0.05, 0) is 42.5 Å². The van der Waals surface area contributed by atoms with Gasteiger partial charge in [0.1, 0.15) is 5.75 Å². The molecule has 39 heavy (non-hydrogen) atoms. The first-order valence-electron chi connectivity index (χ1n) is 12.7. The standard InChI is InChI=1S/C27H35N3O8S/c1-4-17(2)20(27(37)28-11-12-30-23(32)8-9-24(30)33)15-22(31)21(10-13-39-3)29-26(36)18-6-5-7-19(14-18)38-16-25(34)35/h5-9,14,17,20-21H,4,10-13,15-16H2,1-3H3,(H,28,37)(H,29,36)(H,34,35)/t17-,20-,21-/m0/s1. The summed E-state index contributed by atoms with van der Waals surface area (Å²) in [5.74, 6) is -3.17. The molecule has 1 aromatic carbocycles. The van der Waals surface area contributed by atoms with Crippen molar-refractivity contribution in [1.29, 1.82) is 0 Å². The smallest absolute Gasteiger partial charge is 0.341 e. The van der Waals surface area contributed by atoms with Gasteiger partial charge in [0.05, 0.1) is 6.04 Å². The molecular formula is C27H35N3O8S. The molecule has 11 nitrogen and oxygen atoms in total. The number of ketones is 1. The lowest BCUT2D eigenvalue weighted by Gasteiger charge is -2.25. The van der Waals surface area contributed by atoms with Crippen LogP contribution in [0, 0.1) is 11.8 Å². The molecule has 0 bridgehead atoms. The van der Waals surface area contributed by atoms with E-state index in [-0.39, 0.29) is 48.4 Å². The van der Waals surface area contributed by atoms with Gasteiger partial charge in [0.2, 0.25) is 5.91 Å². The molecule has 0 aromatic heterocycles. The van der Waals surface area contributed by atoms with E-state index < -0.39 is 42.3 Å². The molecule has 4 amide bonds. The number of ether oxygens (including phenoxy) is 1. The van der Waals surface area contributed by atoms with E-state index in [1.165, 1.54) is 42.1 Å². The number of Topliss-reactive ketones (excluding diaryl/α,β-unsaturated/α-hetero) is 1. The second-order valence-electron chi connectivity index (χ2n) is 9.13. The van der Waals surface area contributed by atoms with Gasteiger partial charge in [-0.25, -0.2) is 4.79 Å². The van der Waals surface area contributed by atoms with Crippen molar-refractivity contribution in [3.8, 4) is 5.75 Å². The number of thioether (sulfide) groups is 1. The number of aliphatic carboxylic acids is 1. The SMILES string of the molecule is CC[C@H](C)[C@H](CC(=O)[C@H](CCSC)NC(=O)c1cccc(OCC(=O)O)c1)C(=O)NCCN1C(=O)C=CC1=O. The van der Waals surface area contributed by atoms with Crippen molar-refractivity contribution in [3.05, 3.63) is 42.0 Å². The summed E-state index contributed by atoms with van der Waals surface area (Å²) in [6.07, 6.45) is 5.14. The van der Waals surface area contributed by atoms with Crippen LogP contribution < -0.4 is 15.4 Å². The number of nitrogens with one attached hydrogen (secondary N) is 2. The number of amides is 4. The molecule has 1 heterocycles. The van der Waals surface area contributed by atoms with Crippen LogP contribution in [-0.2, 0) is 24.0 Å². The van der Waals surface area contributed by atoms with Crippen LogP contribution in [0.15, 0.2) is 36.4 Å². The fourth-order valence-corrected chi connectivity index (χ4v) is 4.40. The highest BCUT2D eigenvalue weighted by Gasteiger charge is 2.31. The van der Waals surface area contributed by atoms with Crippen LogP contribution >= 0.6 is 11.8 Å². The zero-order chi connectivity index (χ0) is 28.9. The molecule has 0 fully saturated rings. The second-order valence-corrected chi connectivity index (χ2v) is 10.1. The van der Waals surface area contributed by atoms with Crippen LogP contribution in [0.3, 0.4) is 0 Å². The van der Waals surface area contributed by atoms with E-state index in [1.54, 1.807) is 6.07 Å². The van der Waals surface area contributed by atoms with E-state index in [1.807, 2.05) is 20.1 Å². The lowest BCUT2D eigenvalue weighted by Crippen LogP contribution is -2.45. The Morgan fingerprint density at radius 3 is 2.44 bits per heavy atom. The lowest BCUT2D eigenvalue weighted by atomic mass is 9.85. The second kappa shape index (κ2) is 15.7. The fraction of sp³-hybridized carbons (Fsp3) is 0.481. The molecule has 1 aliphatic heterocycles. The van der Waals surface area contributed by atoms with Crippen LogP contribution in [0.1, 0.15) is 43.5 Å². The first-order chi connectivity index (χ1) is 18.6. The Morgan fingerprint density at radius 2 is 1.82 bits per heavy atom. The molecule has 3 N–H and O–H groups in total. The minimum Gasteiger partial charge on any atom is -0.482 e. The summed E-state index contributed by atoms with van der Waals surface area (Å²) in [7, 11) is 0. The molecule has 3 atom stereocenters. The molecule has 212 valence electrons. The minimum absolute atomic E-state index is 0.0270. The Kier molecular flexibility index (Phi) is 12.7. The first-order valence-corrected chi connectivity index (χ1v) is 14.0. The van der Waals surface area contributed by atoms with Gasteiger partial charge in [0, 0.05) is 43.1 Å². The summed E-state index contributed by atoms with van der Waals surface area (Å²) in [6, 6.07) is 5.17. The maximum Gasteiger partial charge on any atom is 0.341 e. The third kappa shape index (κ3) is 9.86. The topological polar surface area (TPSA) is 159 Å². The van der Waals surface area contributed by atoms with Gasteiger partial charge in [-0.1, -0.05) is 26.3 Å². The van der Waals surface area contributed by atoms with Gasteiger partial charge in [0.15, 0.2) is 12.4 Å². The van der Waals surface area contributed by atoms with Gasteiger partial charge in [0.25, 0.3) is 17.7 Å². The summed E-state index contributed by atoms with van der Waals surface area (Å²) < 4.78 is 5.13. The molecule has 12 heteroatoms. The summed E-state index contributed by atoms with van der Waals surface area (Å²) in [5, 5.41) is 14.3. The maximum atomic E-state index is 13.4. The van der Waals surface area contributed by atoms with Crippen molar-refractivity contribution >= 4 is 47.1 Å². The van der Waals surface area contributed by atoms with E-state index in [0.29, 0.717) is 18.6 Å². The molecule has 0 saturated carbocycles. The molecule has 2 rings (SSSR count). The molecule has 0 aliphatic carbocycles. The summed E-state index contributed by atoms with van der Waals surface area (Å²) in [4.78, 5) is 74.6. The van der Waals surface area contributed by atoms with Crippen molar-refractivity contribution in [3.63, 3.8) is 0 Å². The van der Waals surface area contributed by atoms with Crippen molar-refractivity contribution in [2.24, 2.45) is 11.8 Å². The highest BCUT2D eigenvalue weighted by atomic mass is 32.2. The Labute approximate surface area is 231 Å². The van der Waals surface area contributed by atoms with Crippen LogP contribution in [0.5, 0.6) is 5.75 Å². The summed E-state index contributed by atoms with van der Waals surface area (Å²) >= 11 is 1.52. The molecule has 1 aromatic rings. The number of benzene rings is 1. The Bertz CT molecular complexity index is 1090. The lowest BCUT2D eigenvalue weighted by molar-refractivity contribution is -0.139. The number of rotatable bonds is 17. The largest absolute Gasteiger partial charge is 0.482 e. The average molecular weight is 562 g/mol. The van der Waals surface area contributed by atoms with E-state index in [4.69, 9.17) is 9.84 Å². The normalized spacial score (nSPS) is 15.0. The van der Waals surface area contributed by atoms with E-state index >= 15 is 0 Å². The summed E-state index contributed by atoms with van der Waals surface area (Å²) in [5.41, 5.74) is 0.205. The molecule has 0 spiro atoms. The van der Waals surface area contributed by atoms with E-state index in [0.717, 1.165) is 4.90 Å². The first kappa shape index (κ1) is 31.5. The number of hydrogen-bond donors (Lipinski definition) is 3. The van der Waals surface area contributed by atoms with Crippen LogP contribution in [0.2, 0.25) is 0 Å². The van der Waals surface area contributed by atoms with Crippen LogP contribution in [-0.4, -0.2) is 83.1 Å². The van der Waals surface area contributed by atoms with Crippen molar-refractivity contribution in [2.75, 3.05) is 31.7 Å². The number of carboxylic acid groups (broad SMARTS) is 1. The van der Waals surface area contributed by atoms with Gasteiger partial charge < -0.3 is 20.5 Å². The summed E-state index contributed by atoms with van der Waals surface area (Å²) in [6.45, 7) is 3.31.